The second-order valence-corrected chi connectivity index (χ2v) is 3.94. The van der Waals surface area contributed by atoms with Gasteiger partial charge in [-0.1, -0.05) is 0 Å². The number of aromatic nitrogens is 2. The molecule has 5 heteroatoms. The molecule has 18 heavy (non-hydrogen) atoms. The molecule has 0 atom stereocenters. The second-order valence-electron chi connectivity index (χ2n) is 3.94. The van der Waals surface area contributed by atoms with Crippen molar-refractivity contribution >= 4 is 5.97 Å². The molecule has 0 aliphatic carbocycles. The van der Waals surface area contributed by atoms with Crippen LogP contribution < -0.4 is 4.74 Å². The minimum atomic E-state index is -0.862. The molecule has 1 aromatic heterocycles. The van der Waals surface area contributed by atoms with Crippen molar-refractivity contribution in [2.24, 2.45) is 7.05 Å². The van der Waals surface area contributed by atoms with Crippen molar-refractivity contribution in [2.75, 3.05) is 7.11 Å². The fraction of sp³-hybridized carbons (Fsp3) is 0.231. The van der Waals surface area contributed by atoms with Crippen molar-refractivity contribution in [3.05, 3.63) is 36.0 Å². The number of carboxylic acids is 1. The molecule has 94 valence electrons. The molecule has 0 aliphatic heterocycles. The summed E-state index contributed by atoms with van der Waals surface area (Å²) in [4.78, 5) is 10.7. The molecule has 0 unspecified atom stereocenters. The standard InChI is InChI=1S/C13H14N2O3/c1-15-10(8-13(16)17)7-12(14-15)9-3-5-11(18-2)6-4-9/h3-7H,8H2,1-2H3,(H,16,17). The molecule has 0 amide bonds. The zero-order valence-corrected chi connectivity index (χ0v) is 10.3. The first-order valence-electron chi connectivity index (χ1n) is 5.49. The lowest BCUT2D eigenvalue weighted by atomic mass is 10.1. The van der Waals surface area contributed by atoms with Gasteiger partial charge in [-0.15, -0.1) is 0 Å². The molecule has 0 fully saturated rings. The Balaban J connectivity index is 2.30. The minimum Gasteiger partial charge on any atom is -0.497 e. The summed E-state index contributed by atoms with van der Waals surface area (Å²) in [7, 11) is 3.35. The van der Waals surface area contributed by atoms with Crippen LogP contribution in [0, 0.1) is 0 Å². The van der Waals surface area contributed by atoms with Crippen LogP contribution in [0.25, 0.3) is 11.3 Å². The van der Waals surface area contributed by atoms with E-state index in [2.05, 4.69) is 5.10 Å². The van der Waals surface area contributed by atoms with E-state index in [1.165, 1.54) is 0 Å². The van der Waals surface area contributed by atoms with Crippen molar-refractivity contribution in [3.8, 4) is 17.0 Å². The molecular weight excluding hydrogens is 232 g/mol. The number of rotatable bonds is 4. The van der Waals surface area contributed by atoms with Gasteiger partial charge in [-0.3, -0.25) is 9.48 Å². The van der Waals surface area contributed by atoms with Gasteiger partial charge in [-0.25, -0.2) is 0 Å². The van der Waals surface area contributed by atoms with Gasteiger partial charge in [0.1, 0.15) is 5.75 Å². The van der Waals surface area contributed by atoms with Gasteiger partial charge in [0.05, 0.1) is 19.2 Å². The molecule has 0 saturated carbocycles. The summed E-state index contributed by atoms with van der Waals surface area (Å²) in [5.74, 6) is -0.0836. The average Bonchev–Trinajstić information content (AvgIpc) is 2.70. The number of carboxylic acid groups (broad SMARTS) is 1. The highest BCUT2D eigenvalue weighted by Gasteiger charge is 2.10. The van der Waals surface area contributed by atoms with Gasteiger partial charge in [0, 0.05) is 18.3 Å². The lowest BCUT2D eigenvalue weighted by Gasteiger charge is -2.00. The van der Waals surface area contributed by atoms with Crippen molar-refractivity contribution < 1.29 is 14.6 Å². The van der Waals surface area contributed by atoms with Crippen molar-refractivity contribution in [2.45, 2.75) is 6.42 Å². The van der Waals surface area contributed by atoms with Crippen LogP contribution in [0.2, 0.25) is 0 Å². The van der Waals surface area contributed by atoms with Crippen LogP contribution in [0.5, 0.6) is 5.75 Å². The number of nitrogens with zero attached hydrogens (tertiary/aromatic N) is 2. The molecule has 1 heterocycles. The minimum absolute atomic E-state index is 0.0281. The lowest BCUT2D eigenvalue weighted by molar-refractivity contribution is -0.136. The maximum Gasteiger partial charge on any atom is 0.309 e. The molecule has 0 saturated heterocycles. The maximum absolute atomic E-state index is 10.7. The lowest BCUT2D eigenvalue weighted by Crippen LogP contribution is -2.05. The van der Waals surface area contributed by atoms with E-state index in [1.54, 1.807) is 24.9 Å². The van der Waals surface area contributed by atoms with Crippen LogP contribution in [0.4, 0.5) is 0 Å². The van der Waals surface area contributed by atoms with Gasteiger partial charge in [0.25, 0.3) is 0 Å². The van der Waals surface area contributed by atoms with Crippen LogP contribution in [0.1, 0.15) is 5.69 Å². The predicted octanol–water partition coefficient (Wildman–Crippen LogP) is 1.72. The Morgan fingerprint density at radius 1 is 1.39 bits per heavy atom. The van der Waals surface area contributed by atoms with Crippen LogP contribution in [-0.2, 0) is 18.3 Å². The third kappa shape index (κ3) is 2.51. The first-order chi connectivity index (χ1) is 8.60. The summed E-state index contributed by atoms with van der Waals surface area (Å²) in [5, 5.41) is 13.1. The summed E-state index contributed by atoms with van der Waals surface area (Å²) >= 11 is 0. The van der Waals surface area contributed by atoms with E-state index in [9.17, 15) is 4.79 Å². The van der Waals surface area contributed by atoms with Gasteiger partial charge in [-0.05, 0) is 30.3 Å². The van der Waals surface area contributed by atoms with Crippen molar-refractivity contribution in [3.63, 3.8) is 0 Å². The zero-order valence-electron chi connectivity index (χ0n) is 10.3. The molecule has 0 spiro atoms. The fourth-order valence-corrected chi connectivity index (χ4v) is 1.73. The molecule has 5 nitrogen and oxygen atoms in total. The first kappa shape index (κ1) is 12.2. The Morgan fingerprint density at radius 2 is 2.06 bits per heavy atom. The zero-order chi connectivity index (χ0) is 13.1. The summed E-state index contributed by atoms with van der Waals surface area (Å²) in [6, 6.07) is 9.27. The smallest absolute Gasteiger partial charge is 0.309 e. The van der Waals surface area contributed by atoms with Crippen molar-refractivity contribution in [1.82, 2.24) is 9.78 Å². The van der Waals surface area contributed by atoms with E-state index in [4.69, 9.17) is 9.84 Å². The third-order valence-electron chi connectivity index (χ3n) is 2.69. The number of aliphatic carboxylic acids is 1. The fourth-order valence-electron chi connectivity index (χ4n) is 1.73. The summed E-state index contributed by atoms with van der Waals surface area (Å²) in [5.41, 5.74) is 2.37. The monoisotopic (exact) mass is 246 g/mol. The van der Waals surface area contributed by atoms with Crippen LogP contribution in [0.15, 0.2) is 30.3 Å². The normalized spacial score (nSPS) is 10.3. The average molecular weight is 246 g/mol. The summed E-state index contributed by atoms with van der Waals surface area (Å²) in [6.07, 6.45) is -0.0281. The quantitative estimate of drug-likeness (QED) is 0.892. The van der Waals surface area contributed by atoms with Gasteiger partial charge in [0.15, 0.2) is 0 Å². The molecular formula is C13H14N2O3. The first-order valence-corrected chi connectivity index (χ1v) is 5.49. The van der Waals surface area contributed by atoms with E-state index >= 15 is 0 Å². The van der Waals surface area contributed by atoms with Crippen LogP contribution >= 0.6 is 0 Å². The number of hydrogen-bond acceptors (Lipinski definition) is 3. The topological polar surface area (TPSA) is 64.3 Å². The Bertz CT molecular complexity index is 558. The summed E-state index contributed by atoms with van der Waals surface area (Å²) in [6.45, 7) is 0. The SMILES string of the molecule is COc1ccc(-c2cc(CC(=O)O)n(C)n2)cc1. The number of carbonyl (C=O) groups is 1. The van der Waals surface area contributed by atoms with E-state index in [-0.39, 0.29) is 6.42 Å². The number of ether oxygens (including phenoxy) is 1. The van der Waals surface area contributed by atoms with Gasteiger partial charge in [0.2, 0.25) is 0 Å². The molecule has 1 N–H and O–H groups in total. The highest BCUT2D eigenvalue weighted by Crippen LogP contribution is 2.22. The largest absolute Gasteiger partial charge is 0.497 e. The van der Waals surface area contributed by atoms with Gasteiger partial charge < -0.3 is 9.84 Å². The second kappa shape index (κ2) is 4.91. The van der Waals surface area contributed by atoms with E-state index in [1.807, 2.05) is 24.3 Å². The molecule has 0 radical (unpaired) electrons. The molecule has 0 aliphatic rings. The number of benzene rings is 1. The number of hydrogen-bond donors (Lipinski definition) is 1. The molecule has 2 aromatic rings. The predicted molar refractivity (Wildman–Crippen MR) is 66.5 cm³/mol. The maximum atomic E-state index is 10.7. The van der Waals surface area contributed by atoms with Gasteiger partial charge >= 0.3 is 5.97 Å². The summed E-state index contributed by atoms with van der Waals surface area (Å²) < 4.78 is 6.67. The van der Waals surface area contributed by atoms with Crippen LogP contribution in [0.3, 0.4) is 0 Å². The van der Waals surface area contributed by atoms with E-state index in [0.717, 1.165) is 17.0 Å². The molecule has 2 rings (SSSR count). The van der Waals surface area contributed by atoms with Crippen LogP contribution in [-0.4, -0.2) is 28.0 Å². The molecule has 1 aromatic carbocycles. The highest BCUT2D eigenvalue weighted by molar-refractivity contribution is 5.70. The Hall–Kier alpha value is -2.30. The Kier molecular flexibility index (Phi) is 3.32. The highest BCUT2D eigenvalue weighted by atomic mass is 16.5. The van der Waals surface area contributed by atoms with E-state index < -0.39 is 5.97 Å². The number of aryl methyl sites for hydroxylation is 1. The molecule has 0 bridgehead atoms. The van der Waals surface area contributed by atoms with Crippen molar-refractivity contribution in [1.29, 1.82) is 0 Å². The Morgan fingerprint density at radius 3 is 2.61 bits per heavy atom. The van der Waals surface area contributed by atoms with E-state index in [0.29, 0.717) is 5.69 Å². The van der Waals surface area contributed by atoms with Gasteiger partial charge in [-0.2, -0.15) is 5.10 Å². The third-order valence-corrected chi connectivity index (χ3v) is 2.69. The Labute approximate surface area is 105 Å². The number of methoxy groups -OCH3 is 1.